The normalized spacial score (nSPS) is 34.6. The molecule has 2 heteroatoms. The zero-order valence-corrected chi connectivity index (χ0v) is 12.7. The maximum absolute atomic E-state index is 3.80. The van der Waals surface area contributed by atoms with E-state index in [0.717, 1.165) is 23.9 Å². The Kier molecular flexibility index (Phi) is 4.81. The van der Waals surface area contributed by atoms with Crippen LogP contribution in [0.1, 0.15) is 64.7 Å². The highest BCUT2D eigenvalue weighted by atomic mass is 15.2. The Morgan fingerprint density at radius 1 is 0.947 bits per heavy atom. The highest BCUT2D eigenvalue weighted by Crippen LogP contribution is 2.31. The van der Waals surface area contributed by atoms with Crippen molar-refractivity contribution in [2.45, 2.75) is 76.8 Å². The Balaban J connectivity index is 1.38. The molecule has 2 aliphatic carbocycles. The second-order valence-electron chi connectivity index (χ2n) is 7.26. The molecule has 1 heterocycles. The summed E-state index contributed by atoms with van der Waals surface area (Å²) in [5.41, 5.74) is 0. The van der Waals surface area contributed by atoms with E-state index in [0.29, 0.717) is 0 Å². The number of likely N-dealkylation sites (tertiary alicyclic amines) is 1. The predicted octanol–water partition coefficient (Wildman–Crippen LogP) is 3.42. The molecular formula is C17H32N2. The molecule has 0 aromatic carbocycles. The molecule has 0 radical (unpaired) electrons. The summed E-state index contributed by atoms with van der Waals surface area (Å²) >= 11 is 0. The molecule has 0 aromatic rings. The summed E-state index contributed by atoms with van der Waals surface area (Å²) in [7, 11) is 0. The number of hydrogen-bond acceptors (Lipinski definition) is 2. The topological polar surface area (TPSA) is 15.3 Å². The summed E-state index contributed by atoms with van der Waals surface area (Å²) in [4.78, 5) is 2.82. The first kappa shape index (κ1) is 13.9. The fraction of sp³-hybridized carbons (Fsp3) is 1.00. The van der Waals surface area contributed by atoms with Crippen molar-refractivity contribution in [2.24, 2.45) is 11.8 Å². The van der Waals surface area contributed by atoms with Gasteiger partial charge in [0.2, 0.25) is 0 Å². The van der Waals surface area contributed by atoms with Crippen LogP contribution < -0.4 is 5.32 Å². The third-order valence-electron chi connectivity index (χ3n) is 5.77. The van der Waals surface area contributed by atoms with E-state index in [4.69, 9.17) is 0 Å². The van der Waals surface area contributed by atoms with Crippen LogP contribution in [-0.2, 0) is 0 Å². The van der Waals surface area contributed by atoms with Crippen LogP contribution in [0.25, 0.3) is 0 Å². The highest BCUT2D eigenvalue weighted by molar-refractivity contribution is 4.86. The van der Waals surface area contributed by atoms with Crippen molar-refractivity contribution in [3.63, 3.8) is 0 Å². The number of piperidine rings is 1. The summed E-state index contributed by atoms with van der Waals surface area (Å²) in [5, 5.41) is 3.80. The third-order valence-corrected chi connectivity index (χ3v) is 5.77. The van der Waals surface area contributed by atoms with E-state index in [1.807, 2.05) is 0 Å². The van der Waals surface area contributed by atoms with Crippen molar-refractivity contribution in [3.8, 4) is 0 Å². The van der Waals surface area contributed by atoms with Crippen LogP contribution in [0.2, 0.25) is 0 Å². The molecule has 1 N–H and O–H groups in total. The van der Waals surface area contributed by atoms with Gasteiger partial charge in [0.15, 0.2) is 0 Å². The van der Waals surface area contributed by atoms with Gasteiger partial charge >= 0.3 is 0 Å². The zero-order chi connectivity index (χ0) is 13.1. The minimum absolute atomic E-state index is 0.822. The first-order valence-corrected chi connectivity index (χ1v) is 8.82. The predicted molar refractivity (Wildman–Crippen MR) is 81.4 cm³/mol. The van der Waals surface area contributed by atoms with Crippen LogP contribution in [0.5, 0.6) is 0 Å². The first-order chi connectivity index (χ1) is 9.35. The van der Waals surface area contributed by atoms with Gasteiger partial charge in [0.05, 0.1) is 0 Å². The number of nitrogens with one attached hydrogen (secondary N) is 1. The maximum atomic E-state index is 3.80. The molecule has 0 spiro atoms. The summed E-state index contributed by atoms with van der Waals surface area (Å²) in [6.07, 6.45) is 13.1. The van der Waals surface area contributed by atoms with Crippen molar-refractivity contribution >= 4 is 0 Å². The number of rotatable bonds is 5. The molecule has 2 atom stereocenters. The van der Waals surface area contributed by atoms with Gasteiger partial charge in [-0.2, -0.15) is 0 Å². The third kappa shape index (κ3) is 3.95. The molecule has 1 aliphatic heterocycles. The van der Waals surface area contributed by atoms with Crippen molar-refractivity contribution in [2.75, 3.05) is 19.6 Å². The van der Waals surface area contributed by atoms with E-state index in [2.05, 4.69) is 17.1 Å². The standard InChI is InChI=1S/C17H32N2/c1-2-14-4-3-5-17(12-14)19-10-8-16(9-11-19)18-13-15-6-7-15/h14-18H,2-13H2,1H3. The molecule has 3 rings (SSSR count). The molecule has 2 unspecified atom stereocenters. The van der Waals surface area contributed by atoms with Crippen molar-refractivity contribution in [1.29, 1.82) is 0 Å². The monoisotopic (exact) mass is 264 g/mol. The lowest BCUT2D eigenvalue weighted by atomic mass is 9.83. The molecule has 3 aliphatic rings. The average molecular weight is 264 g/mol. The van der Waals surface area contributed by atoms with Crippen LogP contribution in [0, 0.1) is 11.8 Å². The molecule has 0 bridgehead atoms. The Hall–Kier alpha value is -0.0800. The average Bonchev–Trinajstić information content (AvgIpc) is 3.30. The second-order valence-corrected chi connectivity index (χ2v) is 7.26. The van der Waals surface area contributed by atoms with E-state index in [1.165, 1.54) is 77.4 Å². The van der Waals surface area contributed by atoms with Crippen LogP contribution in [-0.4, -0.2) is 36.6 Å². The smallest absolute Gasteiger partial charge is 0.00979 e. The minimum atomic E-state index is 0.822. The molecule has 2 saturated carbocycles. The molecule has 0 aromatic heterocycles. The Labute approximate surface area is 119 Å². The van der Waals surface area contributed by atoms with Gasteiger partial charge in [-0.15, -0.1) is 0 Å². The summed E-state index contributed by atoms with van der Waals surface area (Å²) in [5.74, 6) is 2.05. The van der Waals surface area contributed by atoms with Gasteiger partial charge in [-0.25, -0.2) is 0 Å². The van der Waals surface area contributed by atoms with Crippen LogP contribution in [0.15, 0.2) is 0 Å². The number of hydrogen-bond donors (Lipinski definition) is 1. The molecule has 3 fully saturated rings. The molecule has 2 nitrogen and oxygen atoms in total. The summed E-state index contributed by atoms with van der Waals surface area (Å²) in [6, 6.07) is 1.74. The zero-order valence-electron chi connectivity index (χ0n) is 12.7. The summed E-state index contributed by atoms with van der Waals surface area (Å²) < 4.78 is 0. The SMILES string of the molecule is CCC1CCCC(N2CCC(NCC3CC3)CC2)C1. The molecule has 1 saturated heterocycles. The lowest BCUT2D eigenvalue weighted by Gasteiger charge is -2.41. The van der Waals surface area contributed by atoms with Gasteiger partial charge in [0, 0.05) is 12.1 Å². The Morgan fingerprint density at radius 3 is 2.42 bits per heavy atom. The molecular weight excluding hydrogens is 232 g/mol. The van der Waals surface area contributed by atoms with Crippen LogP contribution >= 0.6 is 0 Å². The van der Waals surface area contributed by atoms with E-state index >= 15 is 0 Å². The largest absolute Gasteiger partial charge is 0.314 e. The highest BCUT2D eigenvalue weighted by Gasteiger charge is 2.29. The van der Waals surface area contributed by atoms with E-state index in [-0.39, 0.29) is 0 Å². The lowest BCUT2D eigenvalue weighted by Crippen LogP contribution is -2.48. The summed E-state index contributed by atoms with van der Waals surface area (Å²) in [6.45, 7) is 6.37. The fourth-order valence-electron chi connectivity index (χ4n) is 4.09. The van der Waals surface area contributed by atoms with Crippen molar-refractivity contribution in [3.05, 3.63) is 0 Å². The Morgan fingerprint density at radius 2 is 1.74 bits per heavy atom. The molecule has 19 heavy (non-hydrogen) atoms. The maximum Gasteiger partial charge on any atom is 0.00979 e. The van der Waals surface area contributed by atoms with E-state index in [1.54, 1.807) is 0 Å². The van der Waals surface area contributed by atoms with Gasteiger partial charge < -0.3 is 10.2 Å². The first-order valence-electron chi connectivity index (χ1n) is 8.82. The number of nitrogens with zero attached hydrogens (tertiary/aromatic N) is 1. The lowest BCUT2D eigenvalue weighted by molar-refractivity contribution is 0.0959. The van der Waals surface area contributed by atoms with Crippen molar-refractivity contribution in [1.82, 2.24) is 10.2 Å². The van der Waals surface area contributed by atoms with Crippen LogP contribution in [0.3, 0.4) is 0 Å². The van der Waals surface area contributed by atoms with Gasteiger partial charge in [0.25, 0.3) is 0 Å². The van der Waals surface area contributed by atoms with Crippen molar-refractivity contribution < 1.29 is 0 Å². The van der Waals surface area contributed by atoms with Gasteiger partial charge in [0.1, 0.15) is 0 Å². The fourth-order valence-corrected chi connectivity index (χ4v) is 4.09. The Bertz CT molecular complexity index is 266. The quantitative estimate of drug-likeness (QED) is 0.818. The minimum Gasteiger partial charge on any atom is -0.314 e. The van der Waals surface area contributed by atoms with Gasteiger partial charge in [-0.3, -0.25) is 0 Å². The van der Waals surface area contributed by atoms with Gasteiger partial charge in [-0.05, 0) is 70.0 Å². The molecule has 110 valence electrons. The van der Waals surface area contributed by atoms with Gasteiger partial charge in [-0.1, -0.05) is 26.2 Å². The van der Waals surface area contributed by atoms with E-state index in [9.17, 15) is 0 Å². The second kappa shape index (κ2) is 6.58. The molecule has 0 amide bonds. The van der Waals surface area contributed by atoms with Crippen LogP contribution in [0.4, 0.5) is 0 Å². The van der Waals surface area contributed by atoms with E-state index < -0.39 is 0 Å².